The molecule has 0 bridgehead atoms. The number of halogens is 1. The molecule has 18 heavy (non-hydrogen) atoms. The molecule has 0 N–H and O–H groups in total. The van der Waals surface area contributed by atoms with Crippen LogP contribution in [0.25, 0.3) is 0 Å². The lowest BCUT2D eigenvalue weighted by Crippen LogP contribution is -2.41. The molecule has 0 atom stereocenters. The minimum absolute atomic E-state index is 0.314. The molecule has 0 heterocycles. The lowest BCUT2D eigenvalue weighted by atomic mass is 10.1. The number of hydrogen-bond donors (Lipinski definition) is 0. The second kappa shape index (κ2) is 6.53. The van der Waals surface area contributed by atoms with Gasteiger partial charge in [-0.3, -0.25) is 0 Å². The van der Waals surface area contributed by atoms with Gasteiger partial charge in [-0.1, -0.05) is 39.0 Å². The van der Waals surface area contributed by atoms with Gasteiger partial charge in [0.25, 0.3) is 0 Å². The van der Waals surface area contributed by atoms with Crippen molar-refractivity contribution in [1.29, 1.82) is 0 Å². The molecule has 0 spiro atoms. The van der Waals surface area contributed by atoms with Crippen LogP contribution < -0.4 is 0 Å². The molecule has 3 heteroatoms. The highest BCUT2D eigenvalue weighted by atomic mass is 127. The van der Waals surface area contributed by atoms with E-state index in [1.165, 1.54) is 9.13 Å². The predicted molar refractivity (Wildman–Crippen MR) is 90.6 cm³/mol. The topological polar surface area (TPSA) is 9.23 Å². The molecule has 0 fully saturated rings. The van der Waals surface area contributed by atoms with E-state index in [1.54, 1.807) is 0 Å². The molecule has 0 aliphatic heterocycles. The standard InChI is InChI=1S/C15H25IOSi/c1-15(2,3)18(4,5)17-12-8-10-13-9-6-7-11-14(13)16/h6-7,9,11H,8,10,12H2,1-5H3. The van der Waals surface area contributed by atoms with Crippen molar-refractivity contribution >= 4 is 30.9 Å². The van der Waals surface area contributed by atoms with Crippen LogP contribution >= 0.6 is 22.6 Å². The van der Waals surface area contributed by atoms with Crippen LogP contribution in [0.2, 0.25) is 18.1 Å². The van der Waals surface area contributed by atoms with E-state index in [-0.39, 0.29) is 0 Å². The van der Waals surface area contributed by atoms with E-state index in [0.717, 1.165) is 19.4 Å². The Balaban J connectivity index is 2.38. The van der Waals surface area contributed by atoms with Crippen LogP contribution in [-0.2, 0) is 10.8 Å². The van der Waals surface area contributed by atoms with Crippen molar-refractivity contribution in [2.45, 2.75) is 51.7 Å². The zero-order chi connectivity index (χ0) is 13.8. The summed E-state index contributed by atoms with van der Waals surface area (Å²) in [7, 11) is -1.56. The second-order valence-corrected chi connectivity index (χ2v) is 12.3. The highest BCUT2D eigenvalue weighted by molar-refractivity contribution is 14.1. The molecule has 1 rings (SSSR count). The quantitative estimate of drug-likeness (QED) is 0.388. The summed E-state index contributed by atoms with van der Waals surface area (Å²) in [5.74, 6) is 0. The highest BCUT2D eigenvalue weighted by Crippen LogP contribution is 2.36. The SMILES string of the molecule is CC(C)(C)[Si](C)(C)OCCCc1ccccc1I. The Kier molecular flexibility index (Phi) is 5.87. The van der Waals surface area contributed by atoms with Gasteiger partial charge in [0.2, 0.25) is 0 Å². The van der Waals surface area contributed by atoms with Gasteiger partial charge >= 0.3 is 0 Å². The van der Waals surface area contributed by atoms with Gasteiger partial charge in [0.05, 0.1) is 0 Å². The summed E-state index contributed by atoms with van der Waals surface area (Å²) in [4.78, 5) is 0. The Morgan fingerprint density at radius 2 is 1.78 bits per heavy atom. The van der Waals surface area contributed by atoms with Gasteiger partial charge in [0.1, 0.15) is 0 Å². The summed E-state index contributed by atoms with van der Waals surface area (Å²) in [5, 5.41) is 0.314. The van der Waals surface area contributed by atoms with Gasteiger partial charge in [-0.15, -0.1) is 0 Å². The van der Waals surface area contributed by atoms with Crippen molar-refractivity contribution in [1.82, 2.24) is 0 Å². The van der Waals surface area contributed by atoms with Gasteiger partial charge in [0.15, 0.2) is 8.32 Å². The molecular weight excluding hydrogens is 351 g/mol. The largest absolute Gasteiger partial charge is 0.417 e. The number of aryl methyl sites for hydroxylation is 1. The molecule has 0 aromatic heterocycles. The lowest BCUT2D eigenvalue weighted by molar-refractivity contribution is 0.282. The molecule has 1 aromatic rings. The molecule has 0 saturated carbocycles. The maximum atomic E-state index is 6.19. The zero-order valence-corrected chi connectivity index (χ0v) is 15.4. The molecular formula is C15H25IOSi. The summed E-state index contributed by atoms with van der Waals surface area (Å²) in [5.41, 5.74) is 1.44. The average molecular weight is 376 g/mol. The number of hydrogen-bond acceptors (Lipinski definition) is 1. The van der Waals surface area contributed by atoms with Crippen LogP contribution in [0.4, 0.5) is 0 Å². The van der Waals surface area contributed by atoms with E-state index in [2.05, 4.69) is 80.7 Å². The Bertz CT molecular complexity index is 382. The summed E-state index contributed by atoms with van der Waals surface area (Å²) in [6.45, 7) is 12.4. The third-order valence-electron chi connectivity index (χ3n) is 3.82. The zero-order valence-electron chi connectivity index (χ0n) is 12.2. The summed E-state index contributed by atoms with van der Waals surface area (Å²) >= 11 is 2.41. The molecule has 0 aliphatic rings. The summed E-state index contributed by atoms with van der Waals surface area (Å²) in [6, 6.07) is 8.60. The lowest BCUT2D eigenvalue weighted by Gasteiger charge is -2.36. The minimum atomic E-state index is -1.56. The van der Waals surface area contributed by atoms with Gasteiger partial charge in [-0.05, 0) is 65.2 Å². The molecule has 1 nitrogen and oxygen atoms in total. The van der Waals surface area contributed by atoms with E-state index in [4.69, 9.17) is 4.43 Å². The monoisotopic (exact) mass is 376 g/mol. The Hall–Kier alpha value is 0.127. The van der Waals surface area contributed by atoms with Crippen LogP contribution in [-0.4, -0.2) is 14.9 Å². The summed E-state index contributed by atoms with van der Waals surface area (Å²) < 4.78 is 7.56. The van der Waals surface area contributed by atoms with Gasteiger partial charge in [-0.25, -0.2) is 0 Å². The van der Waals surface area contributed by atoms with Gasteiger partial charge in [0, 0.05) is 10.2 Å². The maximum Gasteiger partial charge on any atom is 0.191 e. The van der Waals surface area contributed by atoms with Crippen LogP contribution in [0.3, 0.4) is 0 Å². The normalized spacial score (nSPS) is 12.8. The van der Waals surface area contributed by atoms with Gasteiger partial charge in [-0.2, -0.15) is 0 Å². The highest BCUT2D eigenvalue weighted by Gasteiger charge is 2.36. The fourth-order valence-corrected chi connectivity index (χ4v) is 3.25. The van der Waals surface area contributed by atoms with E-state index >= 15 is 0 Å². The predicted octanol–water partition coefficient (Wildman–Crippen LogP) is 5.25. The molecule has 102 valence electrons. The van der Waals surface area contributed by atoms with E-state index < -0.39 is 8.32 Å². The Labute approximate surface area is 127 Å². The van der Waals surface area contributed by atoms with Crippen molar-refractivity contribution in [2.75, 3.05) is 6.61 Å². The first kappa shape index (κ1) is 16.2. The Morgan fingerprint density at radius 1 is 1.17 bits per heavy atom. The summed E-state index contributed by atoms with van der Waals surface area (Å²) in [6.07, 6.45) is 2.24. The molecule has 0 saturated heterocycles. The van der Waals surface area contributed by atoms with Crippen molar-refractivity contribution in [3.05, 3.63) is 33.4 Å². The fourth-order valence-electron chi connectivity index (χ4n) is 1.51. The first-order valence-electron chi connectivity index (χ1n) is 6.61. The third kappa shape index (κ3) is 4.66. The first-order chi connectivity index (χ1) is 8.24. The second-order valence-electron chi connectivity index (χ2n) is 6.30. The Morgan fingerprint density at radius 3 is 2.33 bits per heavy atom. The number of benzene rings is 1. The average Bonchev–Trinajstić information content (AvgIpc) is 2.25. The molecule has 0 radical (unpaired) electrons. The third-order valence-corrected chi connectivity index (χ3v) is 9.41. The van der Waals surface area contributed by atoms with Crippen LogP contribution in [0.1, 0.15) is 32.8 Å². The van der Waals surface area contributed by atoms with Crippen LogP contribution in [0, 0.1) is 3.57 Å². The van der Waals surface area contributed by atoms with Crippen LogP contribution in [0.5, 0.6) is 0 Å². The van der Waals surface area contributed by atoms with Crippen molar-refractivity contribution < 1.29 is 4.43 Å². The molecule has 0 aliphatic carbocycles. The van der Waals surface area contributed by atoms with E-state index in [0.29, 0.717) is 5.04 Å². The van der Waals surface area contributed by atoms with Crippen LogP contribution in [0.15, 0.2) is 24.3 Å². The molecule has 0 amide bonds. The van der Waals surface area contributed by atoms with Crippen molar-refractivity contribution in [3.63, 3.8) is 0 Å². The maximum absolute atomic E-state index is 6.19. The first-order valence-corrected chi connectivity index (χ1v) is 10.6. The minimum Gasteiger partial charge on any atom is -0.417 e. The smallest absolute Gasteiger partial charge is 0.191 e. The molecule has 1 aromatic carbocycles. The fraction of sp³-hybridized carbons (Fsp3) is 0.600. The van der Waals surface area contributed by atoms with Crippen molar-refractivity contribution in [3.8, 4) is 0 Å². The molecule has 0 unspecified atom stereocenters. The number of rotatable bonds is 5. The van der Waals surface area contributed by atoms with Crippen molar-refractivity contribution in [2.24, 2.45) is 0 Å². The van der Waals surface area contributed by atoms with E-state index in [1.807, 2.05) is 0 Å². The van der Waals surface area contributed by atoms with E-state index in [9.17, 15) is 0 Å². The van der Waals surface area contributed by atoms with Gasteiger partial charge < -0.3 is 4.43 Å².